The molecule has 0 heterocycles. The Morgan fingerprint density at radius 2 is 1.49 bits per heavy atom. The molecular weight excluding hydrogens is 574 g/mol. The number of nitrogens with two attached hydrogens (primary N) is 1. The molecule has 43 heavy (non-hydrogen) atoms. The van der Waals surface area contributed by atoms with Gasteiger partial charge in [0, 0.05) is 12.2 Å². The van der Waals surface area contributed by atoms with Crippen molar-refractivity contribution >= 4 is 41.4 Å². The average Bonchev–Trinajstić information content (AvgIpc) is 2.98. The van der Waals surface area contributed by atoms with Crippen LogP contribution in [0.4, 0.5) is 0 Å². The summed E-state index contributed by atoms with van der Waals surface area (Å²) in [5.74, 6) is -2.67. The molecule has 2 aromatic rings. The zero-order chi connectivity index (χ0) is 31.8. The SMILES string of the molecule is CCCCSC[C@H](NC(=O)[C@H](Cc1ccccc1)NC(=O)CNC(=O)[C@@H](C)NC(=O)[C@@H](N)Cc1ccc(O)cc1)C(=O)O. The monoisotopic (exact) mass is 615 g/mol. The van der Waals surface area contributed by atoms with Crippen LogP contribution in [0.25, 0.3) is 0 Å². The summed E-state index contributed by atoms with van der Waals surface area (Å²) < 4.78 is 0. The molecule has 234 valence electrons. The van der Waals surface area contributed by atoms with E-state index in [9.17, 15) is 34.2 Å². The molecule has 0 unspecified atom stereocenters. The Hall–Kier alpha value is -4.10. The second-order valence-corrected chi connectivity index (χ2v) is 11.2. The van der Waals surface area contributed by atoms with E-state index in [0.717, 1.165) is 29.7 Å². The molecule has 0 spiro atoms. The summed E-state index contributed by atoms with van der Waals surface area (Å²) in [6.45, 7) is 2.99. The van der Waals surface area contributed by atoms with E-state index in [4.69, 9.17) is 5.73 Å². The van der Waals surface area contributed by atoms with Gasteiger partial charge in [-0.15, -0.1) is 0 Å². The Morgan fingerprint density at radius 3 is 2.12 bits per heavy atom. The lowest BCUT2D eigenvalue weighted by Gasteiger charge is -2.22. The lowest BCUT2D eigenvalue weighted by atomic mass is 10.0. The smallest absolute Gasteiger partial charge is 0.327 e. The topological polar surface area (TPSA) is 200 Å². The van der Waals surface area contributed by atoms with Gasteiger partial charge < -0.3 is 37.2 Å². The van der Waals surface area contributed by atoms with Crippen molar-refractivity contribution in [2.45, 2.75) is 63.7 Å². The van der Waals surface area contributed by atoms with Gasteiger partial charge in [0.1, 0.15) is 23.9 Å². The van der Waals surface area contributed by atoms with E-state index >= 15 is 0 Å². The molecule has 0 saturated carbocycles. The van der Waals surface area contributed by atoms with Gasteiger partial charge in [-0.3, -0.25) is 19.2 Å². The summed E-state index contributed by atoms with van der Waals surface area (Å²) in [5.41, 5.74) is 7.43. The molecule has 2 rings (SSSR count). The molecule has 4 atom stereocenters. The number of amides is 4. The number of unbranched alkanes of at least 4 members (excludes halogenated alkanes) is 1. The molecule has 13 heteroatoms. The number of carbonyl (C=O) groups excluding carboxylic acids is 4. The first-order valence-corrected chi connectivity index (χ1v) is 15.2. The van der Waals surface area contributed by atoms with Crippen LogP contribution in [-0.4, -0.2) is 82.0 Å². The lowest BCUT2D eigenvalue weighted by molar-refractivity contribution is -0.141. The van der Waals surface area contributed by atoms with Gasteiger partial charge in [-0.2, -0.15) is 11.8 Å². The zero-order valence-electron chi connectivity index (χ0n) is 24.4. The first kappa shape index (κ1) is 35.1. The number of carboxylic acid groups (broad SMARTS) is 1. The molecule has 12 nitrogen and oxygen atoms in total. The van der Waals surface area contributed by atoms with E-state index < -0.39 is 60.3 Å². The minimum absolute atomic E-state index is 0.0875. The van der Waals surface area contributed by atoms with E-state index in [1.165, 1.54) is 30.8 Å². The number of thioether (sulfide) groups is 1. The molecule has 0 aliphatic rings. The molecule has 8 N–H and O–H groups in total. The highest BCUT2D eigenvalue weighted by Crippen LogP contribution is 2.11. The van der Waals surface area contributed by atoms with Crippen LogP contribution in [0.5, 0.6) is 5.75 Å². The fourth-order valence-corrected chi connectivity index (χ4v) is 5.01. The van der Waals surface area contributed by atoms with E-state index in [1.807, 2.05) is 6.92 Å². The van der Waals surface area contributed by atoms with Crippen molar-refractivity contribution in [3.05, 3.63) is 65.7 Å². The van der Waals surface area contributed by atoms with Crippen LogP contribution in [0, 0.1) is 0 Å². The van der Waals surface area contributed by atoms with Gasteiger partial charge in [0.25, 0.3) is 0 Å². The maximum absolute atomic E-state index is 13.1. The maximum atomic E-state index is 13.1. The molecule has 0 aliphatic heterocycles. The number of phenols is 1. The third kappa shape index (κ3) is 13.2. The summed E-state index contributed by atoms with van der Waals surface area (Å²) in [6.07, 6.45) is 2.19. The molecule has 0 aliphatic carbocycles. The van der Waals surface area contributed by atoms with Crippen LogP contribution in [0.2, 0.25) is 0 Å². The Balaban J connectivity index is 1.93. The quantitative estimate of drug-likeness (QED) is 0.118. The van der Waals surface area contributed by atoms with E-state index in [-0.39, 0.29) is 24.3 Å². The van der Waals surface area contributed by atoms with Crippen LogP contribution in [0.15, 0.2) is 54.6 Å². The number of carboxylic acids is 1. The first-order chi connectivity index (χ1) is 20.5. The number of phenolic OH excluding ortho intramolecular Hbond substituents is 1. The third-order valence-corrected chi connectivity index (χ3v) is 7.53. The first-order valence-electron chi connectivity index (χ1n) is 14.1. The highest BCUT2D eigenvalue weighted by molar-refractivity contribution is 7.99. The van der Waals surface area contributed by atoms with Crippen LogP contribution >= 0.6 is 11.8 Å². The molecule has 0 radical (unpaired) electrons. The van der Waals surface area contributed by atoms with Crippen molar-refractivity contribution in [1.29, 1.82) is 0 Å². The van der Waals surface area contributed by atoms with Crippen molar-refractivity contribution in [2.24, 2.45) is 5.73 Å². The predicted octanol–water partition coefficient (Wildman–Crippen LogP) is 0.713. The maximum Gasteiger partial charge on any atom is 0.327 e. The molecule has 0 fully saturated rings. The van der Waals surface area contributed by atoms with Gasteiger partial charge in [0.15, 0.2) is 0 Å². The van der Waals surface area contributed by atoms with Gasteiger partial charge in [-0.05, 0) is 48.8 Å². The summed E-state index contributed by atoms with van der Waals surface area (Å²) in [6, 6.07) is 11.0. The molecular formula is C30H41N5O7S. The largest absolute Gasteiger partial charge is 0.508 e. The fourth-order valence-electron chi connectivity index (χ4n) is 3.88. The van der Waals surface area contributed by atoms with Crippen molar-refractivity contribution in [2.75, 3.05) is 18.1 Å². The number of hydrogen-bond donors (Lipinski definition) is 7. The van der Waals surface area contributed by atoms with Crippen molar-refractivity contribution in [1.82, 2.24) is 21.3 Å². The average molecular weight is 616 g/mol. The number of aromatic hydroxyl groups is 1. The van der Waals surface area contributed by atoms with E-state index in [1.54, 1.807) is 42.5 Å². The minimum atomic E-state index is -1.17. The van der Waals surface area contributed by atoms with Gasteiger partial charge >= 0.3 is 5.97 Å². The van der Waals surface area contributed by atoms with Crippen LogP contribution in [-0.2, 0) is 36.8 Å². The van der Waals surface area contributed by atoms with Crippen molar-refractivity contribution in [3.63, 3.8) is 0 Å². The summed E-state index contributed by atoms with van der Waals surface area (Å²) in [4.78, 5) is 62.6. The predicted molar refractivity (Wildman–Crippen MR) is 164 cm³/mol. The molecule has 0 saturated heterocycles. The second kappa shape index (κ2) is 18.4. The summed E-state index contributed by atoms with van der Waals surface area (Å²) in [5, 5.41) is 29.0. The number of carbonyl (C=O) groups is 5. The zero-order valence-corrected chi connectivity index (χ0v) is 25.2. The Bertz CT molecular complexity index is 1210. The number of rotatable bonds is 18. The molecule has 0 aromatic heterocycles. The number of aliphatic carboxylic acids is 1. The van der Waals surface area contributed by atoms with E-state index in [2.05, 4.69) is 21.3 Å². The fraction of sp³-hybridized carbons (Fsp3) is 0.433. The lowest BCUT2D eigenvalue weighted by Crippen LogP contribution is -2.55. The molecule has 0 bridgehead atoms. The van der Waals surface area contributed by atoms with Gasteiger partial charge in [0.05, 0.1) is 12.6 Å². The number of nitrogens with one attached hydrogen (secondary N) is 4. The third-order valence-electron chi connectivity index (χ3n) is 6.38. The number of benzene rings is 2. The van der Waals surface area contributed by atoms with E-state index in [0.29, 0.717) is 0 Å². The second-order valence-electron chi connectivity index (χ2n) is 10.1. The highest BCUT2D eigenvalue weighted by atomic mass is 32.2. The minimum Gasteiger partial charge on any atom is -0.508 e. The Morgan fingerprint density at radius 1 is 0.837 bits per heavy atom. The standard InChI is InChI=1S/C30H41N5O7S/c1-3-4-14-43-18-25(30(41)42)35-29(40)24(16-20-8-6-5-7-9-20)34-26(37)17-32-27(38)19(2)33-28(39)23(31)15-21-10-12-22(36)13-11-21/h5-13,19,23-25,36H,3-4,14-18,31H2,1-2H3,(H,32,38)(H,33,39)(H,34,37)(H,35,40)(H,41,42)/t19-,23+,24+,25+/m1/s1. The van der Waals surface area contributed by atoms with Gasteiger partial charge in [-0.1, -0.05) is 55.8 Å². The van der Waals surface area contributed by atoms with Crippen LogP contribution < -0.4 is 27.0 Å². The molecule has 2 aromatic carbocycles. The normalized spacial score (nSPS) is 13.6. The van der Waals surface area contributed by atoms with Gasteiger partial charge in [-0.25, -0.2) is 4.79 Å². The number of hydrogen-bond acceptors (Lipinski definition) is 8. The Kier molecular flexibility index (Phi) is 15.1. The highest BCUT2D eigenvalue weighted by Gasteiger charge is 2.27. The summed E-state index contributed by atoms with van der Waals surface area (Å²) in [7, 11) is 0. The molecule has 4 amide bonds. The summed E-state index contributed by atoms with van der Waals surface area (Å²) >= 11 is 1.43. The van der Waals surface area contributed by atoms with Crippen molar-refractivity contribution in [3.8, 4) is 5.75 Å². The van der Waals surface area contributed by atoms with Crippen LogP contribution in [0.1, 0.15) is 37.8 Å². The van der Waals surface area contributed by atoms with Crippen LogP contribution in [0.3, 0.4) is 0 Å². The van der Waals surface area contributed by atoms with Gasteiger partial charge in [0.2, 0.25) is 23.6 Å². The van der Waals surface area contributed by atoms with Crippen molar-refractivity contribution < 1.29 is 34.2 Å². The Labute approximate surface area is 255 Å².